The first-order chi connectivity index (χ1) is 5.17. The fraction of sp³-hybridized carbons (Fsp3) is 0.667. The van der Waals surface area contributed by atoms with Crippen LogP contribution in [0, 0.1) is 0 Å². The van der Waals surface area contributed by atoms with Gasteiger partial charge in [0, 0.05) is 13.1 Å². The highest BCUT2D eigenvalue weighted by molar-refractivity contribution is 5.27. The zero-order valence-corrected chi connectivity index (χ0v) is 7.80. The van der Waals surface area contributed by atoms with Crippen molar-refractivity contribution in [2.24, 2.45) is 4.99 Å². The number of rotatable bonds is 5. The van der Waals surface area contributed by atoms with Gasteiger partial charge in [0.25, 0.3) is 0 Å². The van der Waals surface area contributed by atoms with E-state index in [9.17, 15) is 0 Å². The lowest BCUT2D eigenvalue weighted by molar-refractivity contribution is 0.286. The lowest BCUT2D eigenvalue weighted by Crippen LogP contribution is -2.28. The number of aliphatic imine (C=N–C) groups is 1. The molecule has 0 aromatic carbocycles. The zero-order chi connectivity index (χ0) is 8.85. The summed E-state index contributed by atoms with van der Waals surface area (Å²) in [7, 11) is 2.01. The van der Waals surface area contributed by atoms with E-state index in [1.165, 1.54) is 0 Å². The predicted molar refractivity (Wildman–Crippen MR) is 50.8 cm³/mol. The number of nitrogens with zero attached hydrogens (tertiary/aromatic N) is 2. The molecule has 0 unspecified atom stereocenters. The smallest absolute Gasteiger partial charge is 0.120 e. The van der Waals surface area contributed by atoms with Crippen molar-refractivity contribution in [3.05, 3.63) is 12.4 Å². The van der Waals surface area contributed by atoms with E-state index in [4.69, 9.17) is 0 Å². The van der Waals surface area contributed by atoms with Crippen LogP contribution in [-0.4, -0.2) is 24.7 Å². The first kappa shape index (κ1) is 10.2. The first-order valence-electron chi connectivity index (χ1n) is 4.05. The van der Waals surface area contributed by atoms with Gasteiger partial charge in [0.2, 0.25) is 0 Å². The second kappa shape index (κ2) is 4.94. The fourth-order valence-corrected chi connectivity index (χ4v) is 1.16. The number of hydrogen-bond donors (Lipinski definition) is 0. The Balaban J connectivity index is 4.07. The molecule has 64 valence electrons. The van der Waals surface area contributed by atoms with Crippen LogP contribution in [0.4, 0.5) is 0 Å². The van der Waals surface area contributed by atoms with Gasteiger partial charge in [0.1, 0.15) is 5.82 Å². The van der Waals surface area contributed by atoms with Crippen LogP contribution in [0.3, 0.4) is 0 Å². The molecule has 0 spiro atoms. The van der Waals surface area contributed by atoms with Crippen LogP contribution in [0.15, 0.2) is 17.4 Å². The van der Waals surface area contributed by atoms with E-state index < -0.39 is 0 Å². The third-order valence-electron chi connectivity index (χ3n) is 2.08. The Labute approximate surface area is 69.6 Å². The summed E-state index contributed by atoms with van der Waals surface area (Å²) in [5, 5.41) is 0. The molecule has 0 aromatic rings. The molecule has 0 aliphatic rings. The quantitative estimate of drug-likeness (QED) is 0.555. The van der Waals surface area contributed by atoms with Crippen LogP contribution in [0.1, 0.15) is 26.7 Å². The highest BCUT2D eigenvalue weighted by atomic mass is 15.2. The van der Waals surface area contributed by atoms with E-state index in [-0.39, 0.29) is 0 Å². The molecule has 0 amide bonds. The molecule has 0 aliphatic carbocycles. The highest BCUT2D eigenvalue weighted by Gasteiger charge is 2.09. The van der Waals surface area contributed by atoms with Crippen molar-refractivity contribution in [1.29, 1.82) is 0 Å². The van der Waals surface area contributed by atoms with Gasteiger partial charge in [-0.05, 0) is 19.6 Å². The topological polar surface area (TPSA) is 15.6 Å². The summed E-state index contributed by atoms with van der Waals surface area (Å²) >= 11 is 0. The van der Waals surface area contributed by atoms with Crippen LogP contribution in [0.5, 0.6) is 0 Å². The Morgan fingerprint density at radius 2 is 1.91 bits per heavy atom. The molecule has 0 bridgehead atoms. The van der Waals surface area contributed by atoms with Crippen LogP contribution in [0.2, 0.25) is 0 Å². The van der Waals surface area contributed by atoms with Gasteiger partial charge in [0.15, 0.2) is 0 Å². The van der Waals surface area contributed by atoms with E-state index in [1.807, 2.05) is 7.05 Å². The highest BCUT2D eigenvalue weighted by Crippen LogP contribution is 2.11. The molecule has 0 saturated heterocycles. The standard InChI is InChI=1S/C9H18N2/c1-6-9(7-2)11(5)8(3)10-4/h9H,3-4,6-7H2,1-2,5H3. The van der Waals surface area contributed by atoms with E-state index >= 15 is 0 Å². The molecular formula is C9H18N2. The molecule has 0 aromatic heterocycles. The van der Waals surface area contributed by atoms with Gasteiger partial charge in [-0.25, -0.2) is 4.99 Å². The summed E-state index contributed by atoms with van der Waals surface area (Å²) in [5.74, 6) is 0.763. The second-order valence-electron chi connectivity index (χ2n) is 2.66. The minimum Gasteiger partial charge on any atom is -0.357 e. The molecule has 2 heteroatoms. The Hall–Kier alpha value is -0.790. The Bertz CT molecular complexity index is 136. The Kier molecular flexibility index (Phi) is 4.59. The summed E-state index contributed by atoms with van der Waals surface area (Å²) < 4.78 is 0. The van der Waals surface area contributed by atoms with Gasteiger partial charge in [-0.1, -0.05) is 20.4 Å². The van der Waals surface area contributed by atoms with Gasteiger partial charge in [0.05, 0.1) is 0 Å². The van der Waals surface area contributed by atoms with Crippen molar-refractivity contribution in [3.63, 3.8) is 0 Å². The van der Waals surface area contributed by atoms with E-state index in [2.05, 4.69) is 37.0 Å². The van der Waals surface area contributed by atoms with Crippen LogP contribution in [0.25, 0.3) is 0 Å². The minimum atomic E-state index is 0.549. The molecule has 0 heterocycles. The van der Waals surface area contributed by atoms with Crippen LogP contribution in [-0.2, 0) is 0 Å². The predicted octanol–water partition coefficient (Wildman–Crippen LogP) is 2.28. The number of hydrogen-bond acceptors (Lipinski definition) is 2. The third-order valence-corrected chi connectivity index (χ3v) is 2.08. The normalized spacial score (nSPS) is 9.82. The van der Waals surface area contributed by atoms with Gasteiger partial charge in [-0.3, -0.25) is 0 Å². The Morgan fingerprint density at radius 3 is 2.18 bits per heavy atom. The molecular weight excluding hydrogens is 136 g/mol. The molecule has 11 heavy (non-hydrogen) atoms. The average Bonchev–Trinajstić information content (AvgIpc) is 2.05. The van der Waals surface area contributed by atoms with Gasteiger partial charge in [-0.15, -0.1) is 0 Å². The van der Waals surface area contributed by atoms with Gasteiger partial charge < -0.3 is 4.90 Å². The lowest BCUT2D eigenvalue weighted by Gasteiger charge is -2.27. The largest absolute Gasteiger partial charge is 0.357 e. The van der Waals surface area contributed by atoms with Gasteiger partial charge in [-0.2, -0.15) is 0 Å². The molecule has 0 atom stereocenters. The van der Waals surface area contributed by atoms with E-state index in [0.29, 0.717) is 6.04 Å². The maximum absolute atomic E-state index is 3.79. The summed E-state index contributed by atoms with van der Waals surface area (Å²) in [6.45, 7) is 11.6. The molecule has 0 saturated carbocycles. The maximum Gasteiger partial charge on any atom is 0.120 e. The molecule has 0 aliphatic heterocycles. The monoisotopic (exact) mass is 154 g/mol. The van der Waals surface area contributed by atoms with Crippen molar-refractivity contribution < 1.29 is 0 Å². The fourth-order valence-electron chi connectivity index (χ4n) is 1.16. The zero-order valence-electron chi connectivity index (χ0n) is 7.80. The molecule has 0 N–H and O–H groups in total. The second-order valence-corrected chi connectivity index (χ2v) is 2.66. The Morgan fingerprint density at radius 1 is 1.45 bits per heavy atom. The van der Waals surface area contributed by atoms with Crippen molar-refractivity contribution in [2.45, 2.75) is 32.7 Å². The third kappa shape index (κ3) is 2.74. The summed E-state index contributed by atoms with van der Waals surface area (Å²) in [4.78, 5) is 5.86. The maximum atomic E-state index is 3.79. The summed E-state index contributed by atoms with van der Waals surface area (Å²) in [5.41, 5.74) is 0. The lowest BCUT2D eigenvalue weighted by atomic mass is 10.1. The van der Waals surface area contributed by atoms with Crippen molar-refractivity contribution in [1.82, 2.24) is 4.90 Å². The van der Waals surface area contributed by atoms with E-state index in [0.717, 1.165) is 18.7 Å². The van der Waals surface area contributed by atoms with Gasteiger partial charge >= 0.3 is 0 Å². The van der Waals surface area contributed by atoms with Crippen molar-refractivity contribution in [2.75, 3.05) is 7.05 Å². The van der Waals surface area contributed by atoms with Crippen LogP contribution >= 0.6 is 0 Å². The summed E-state index contributed by atoms with van der Waals surface area (Å²) in [6, 6.07) is 0.549. The molecule has 2 nitrogen and oxygen atoms in total. The van der Waals surface area contributed by atoms with Crippen LogP contribution < -0.4 is 0 Å². The summed E-state index contributed by atoms with van der Waals surface area (Å²) in [6.07, 6.45) is 2.25. The SMILES string of the molecule is C=NC(=C)N(C)C(CC)CC. The molecule has 0 radical (unpaired) electrons. The first-order valence-corrected chi connectivity index (χ1v) is 4.05. The molecule has 0 rings (SSSR count). The minimum absolute atomic E-state index is 0.549. The van der Waals surface area contributed by atoms with Crippen molar-refractivity contribution in [3.8, 4) is 0 Å². The average molecular weight is 154 g/mol. The van der Waals surface area contributed by atoms with E-state index in [1.54, 1.807) is 0 Å². The molecule has 0 fully saturated rings. The van der Waals surface area contributed by atoms with Crippen molar-refractivity contribution >= 4 is 6.72 Å².